The van der Waals surface area contributed by atoms with Crippen LogP contribution in [0, 0.1) is 5.82 Å². The second kappa shape index (κ2) is 6.43. The van der Waals surface area contributed by atoms with Gasteiger partial charge < -0.3 is 5.32 Å². The molecule has 2 rings (SSSR count). The molecular formula is C13H11Br2FN2O2S. The Labute approximate surface area is 138 Å². The second-order valence-electron chi connectivity index (χ2n) is 4.29. The van der Waals surface area contributed by atoms with E-state index in [0.29, 0.717) is 21.2 Å². The predicted molar refractivity (Wildman–Crippen MR) is 86.9 cm³/mol. The summed E-state index contributed by atoms with van der Waals surface area (Å²) >= 11 is 6.37. The number of halogens is 3. The molecule has 0 aromatic heterocycles. The molecule has 0 aliphatic rings. The van der Waals surface area contributed by atoms with Gasteiger partial charge in [0.2, 0.25) is 10.0 Å². The van der Waals surface area contributed by atoms with Gasteiger partial charge in [0.05, 0.1) is 9.37 Å². The highest BCUT2D eigenvalue weighted by molar-refractivity contribution is 9.10. The molecule has 0 aliphatic heterocycles. The fourth-order valence-corrected chi connectivity index (χ4v) is 3.12. The average molecular weight is 438 g/mol. The van der Waals surface area contributed by atoms with Crippen molar-refractivity contribution in [3.63, 3.8) is 0 Å². The fourth-order valence-electron chi connectivity index (χ4n) is 1.66. The first-order valence-electron chi connectivity index (χ1n) is 5.77. The number of nitrogens with one attached hydrogen (secondary N) is 1. The number of hydrogen-bond acceptors (Lipinski definition) is 3. The van der Waals surface area contributed by atoms with Crippen molar-refractivity contribution in [2.45, 2.75) is 11.4 Å². The number of benzene rings is 2. The van der Waals surface area contributed by atoms with E-state index in [0.717, 1.165) is 5.56 Å². The predicted octanol–water partition coefficient (Wildman–Crippen LogP) is 3.61. The van der Waals surface area contributed by atoms with E-state index in [1.54, 1.807) is 18.2 Å². The quantitative estimate of drug-likeness (QED) is 0.767. The molecule has 21 heavy (non-hydrogen) atoms. The van der Waals surface area contributed by atoms with Crippen molar-refractivity contribution < 1.29 is 12.8 Å². The summed E-state index contributed by atoms with van der Waals surface area (Å²) in [6.07, 6.45) is 0. The zero-order valence-electron chi connectivity index (χ0n) is 10.6. The highest BCUT2D eigenvalue weighted by Gasteiger charge is 2.10. The van der Waals surface area contributed by atoms with Crippen LogP contribution >= 0.6 is 31.9 Å². The number of hydrogen-bond donors (Lipinski definition) is 2. The molecule has 112 valence electrons. The van der Waals surface area contributed by atoms with Gasteiger partial charge in [-0.3, -0.25) is 0 Å². The third kappa shape index (κ3) is 4.26. The number of sulfonamides is 1. The maximum absolute atomic E-state index is 13.4. The van der Waals surface area contributed by atoms with Crippen molar-refractivity contribution in [3.05, 3.63) is 56.7 Å². The maximum atomic E-state index is 13.4. The van der Waals surface area contributed by atoms with Gasteiger partial charge in [-0.05, 0) is 67.8 Å². The first-order chi connectivity index (χ1) is 9.77. The lowest BCUT2D eigenvalue weighted by molar-refractivity contribution is 0.597. The third-order valence-electron chi connectivity index (χ3n) is 2.74. The van der Waals surface area contributed by atoms with Crippen LogP contribution in [0.4, 0.5) is 10.1 Å². The highest BCUT2D eigenvalue weighted by Crippen LogP contribution is 2.26. The van der Waals surface area contributed by atoms with Crippen molar-refractivity contribution in [1.82, 2.24) is 0 Å². The molecule has 0 heterocycles. The van der Waals surface area contributed by atoms with Gasteiger partial charge in [-0.25, -0.2) is 17.9 Å². The average Bonchev–Trinajstić information content (AvgIpc) is 2.40. The molecule has 2 aromatic carbocycles. The van der Waals surface area contributed by atoms with Gasteiger partial charge in [0.15, 0.2) is 0 Å². The molecule has 0 bridgehead atoms. The number of primary sulfonamides is 1. The van der Waals surface area contributed by atoms with E-state index in [9.17, 15) is 12.8 Å². The van der Waals surface area contributed by atoms with Crippen LogP contribution < -0.4 is 10.5 Å². The van der Waals surface area contributed by atoms with E-state index in [-0.39, 0.29) is 10.7 Å². The standard InChI is InChI=1S/C13H11Br2FN2O2S/c14-10-3-1-8(5-12(10)16)7-18-13-4-2-9(6-11(13)15)21(17,19)20/h1-6,18H,7H2,(H2,17,19,20). The normalized spacial score (nSPS) is 11.4. The Bertz CT molecular complexity index is 782. The third-order valence-corrected chi connectivity index (χ3v) is 4.95. The molecule has 0 radical (unpaired) electrons. The summed E-state index contributed by atoms with van der Waals surface area (Å²) in [5.41, 5.74) is 1.45. The summed E-state index contributed by atoms with van der Waals surface area (Å²) in [4.78, 5) is 0.0228. The lowest BCUT2D eigenvalue weighted by Gasteiger charge is -2.10. The van der Waals surface area contributed by atoms with Crippen LogP contribution in [0.2, 0.25) is 0 Å². The monoisotopic (exact) mass is 436 g/mol. The lowest BCUT2D eigenvalue weighted by Crippen LogP contribution is -2.12. The van der Waals surface area contributed by atoms with Crippen molar-refractivity contribution >= 4 is 47.6 Å². The van der Waals surface area contributed by atoms with Gasteiger partial charge in [0.1, 0.15) is 5.82 Å². The molecule has 0 aliphatic carbocycles. The van der Waals surface area contributed by atoms with E-state index in [2.05, 4.69) is 37.2 Å². The molecule has 2 aromatic rings. The minimum absolute atomic E-state index is 0.0228. The molecule has 0 fully saturated rings. The molecule has 0 spiro atoms. The van der Waals surface area contributed by atoms with Gasteiger partial charge in [-0.15, -0.1) is 0 Å². The van der Waals surface area contributed by atoms with E-state index >= 15 is 0 Å². The zero-order valence-corrected chi connectivity index (χ0v) is 14.6. The molecule has 8 heteroatoms. The lowest BCUT2D eigenvalue weighted by atomic mass is 10.2. The van der Waals surface area contributed by atoms with Crippen molar-refractivity contribution in [2.75, 3.05) is 5.32 Å². The molecule has 0 amide bonds. The van der Waals surface area contributed by atoms with Gasteiger partial charge in [-0.2, -0.15) is 0 Å². The summed E-state index contributed by atoms with van der Waals surface area (Å²) in [7, 11) is -3.73. The summed E-state index contributed by atoms with van der Waals surface area (Å²) in [6, 6.07) is 9.26. The Kier molecular flexibility index (Phi) is 5.03. The van der Waals surface area contributed by atoms with E-state index in [4.69, 9.17) is 5.14 Å². The molecule has 3 N–H and O–H groups in total. The minimum atomic E-state index is -3.73. The Morgan fingerprint density at radius 1 is 1.10 bits per heavy atom. The van der Waals surface area contributed by atoms with Gasteiger partial charge in [0.25, 0.3) is 0 Å². The minimum Gasteiger partial charge on any atom is -0.380 e. The molecule has 4 nitrogen and oxygen atoms in total. The Balaban J connectivity index is 2.15. The fraction of sp³-hybridized carbons (Fsp3) is 0.0769. The first kappa shape index (κ1) is 16.4. The largest absolute Gasteiger partial charge is 0.380 e. The van der Waals surface area contributed by atoms with E-state index in [1.165, 1.54) is 18.2 Å². The summed E-state index contributed by atoms with van der Waals surface area (Å²) in [5, 5.41) is 8.15. The zero-order chi connectivity index (χ0) is 15.6. The van der Waals surface area contributed by atoms with Gasteiger partial charge in [0, 0.05) is 16.7 Å². The highest BCUT2D eigenvalue weighted by atomic mass is 79.9. The molecular weight excluding hydrogens is 427 g/mol. The molecule has 0 saturated carbocycles. The summed E-state index contributed by atoms with van der Waals surface area (Å²) in [5.74, 6) is -0.335. The van der Waals surface area contributed by atoms with Crippen LogP contribution in [-0.4, -0.2) is 8.42 Å². The number of anilines is 1. The molecule has 0 saturated heterocycles. The number of rotatable bonds is 4. The molecule has 0 unspecified atom stereocenters. The first-order valence-corrected chi connectivity index (χ1v) is 8.91. The second-order valence-corrected chi connectivity index (χ2v) is 7.56. The van der Waals surface area contributed by atoms with Crippen LogP contribution in [0.5, 0.6) is 0 Å². The number of nitrogens with two attached hydrogens (primary N) is 1. The van der Waals surface area contributed by atoms with Crippen molar-refractivity contribution in [2.24, 2.45) is 5.14 Å². The van der Waals surface area contributed by atoms with Gasteiger partial charge >= 0.3 is 0 Å². The van der Waals surface area contributed by atoms with Crippen molar-refractivity contribution in [3.8, 4) is 0 Å². The SMILES string of the molecule is NS(=O)(=O)c1ccc(NCc2ccc(Br)c(F)c2)c(Br)c1. The van der Waals surface area contributed by atoms with Gasteiger partial charge in [-0.1, -0.05) is 6.07 Å². The van der Waals surface area contributed by atoms with E-state index < -0.39 is 10.0 Å². The smallest absolute Gasteiger partial charge is 0.238 e. The summed E-state index contributed by atoms with van der Waals surface area (Å²) < 4.78 is 36.8. The van der Waals surface area contributed by atoms with Crippen molar-refractivity contribution in [1.29, 1.82) is 0 Å². The van der Waals surface area contributed by atoms with Crippen LogP contribution in [0.3, 0.4) is 0 Å². The van der Waals surface area contributed by atoms with Crippen LogP contribution in [-0.2, 0) is 16.6 Å². The van der Waals surface area contributed by atoms with Crippen LogP contribution in [0.15, 0.2) is 50.2 Å². The van der Waals surface area contributed by atoms with Crippen LogP contribution in [0.1, 0.15) is 5.56 Å². The molecule has 0 atom stereocenters. The summed E-state index contributed by atoms with van der Waals surface area (Å²) in [6.45, 7) is 0.400. The Hall–Kier alpha value is -0.960. The Morgan fingerprint density at radius 3 is 2.38 bits per heavy atom. The Morgan fingerprint density at radius 2 is 1.81 bits per heavy atom. The van der Waals surface area contributed by atoms with Crippen LogP contribution in [0.25, 0.3) is 0 Å². The van der Waals surface area contributed by atoms with E-state index in [1.807, 2.05) is 0 Å². The topological polar surface area (TPSA) is 72.2 Å². The maximum Gasteiger partial charge on any atom is 0.238 e.